The topological polar surface area (TPSA) is 35.8 Å². The van der Waals surface area contributed by atoms with Crippen molar-refractivity contribution in [3.63, 3.8) is 0 Å². The van der Waals surface area contributed by atoms with Crippen LogP contribution in [0.1, 0.15) is 43.5 Å². The van der Waals surface area contributed by atoms with Crippen molar-refractivity contribution >= 4 is 0 Å². The third-order valence-electron chi connectivity index (χ3n) is 3.95. The minimum absolute atomic E-state index is 0.0854. The van der Waals surface area contributed by atoms with E-state index in [0.29, 0.717) is 5.56 Å². The van der Waals surface area contributed by atoms with Crippen molar-refractivity contribution in [1.82, 2.24) is 5.32 Å². The van der Waals surface area contributed by atoms with Crippen LogP contribution in [0.4, 0.5) is 0 Å². The van der Waals surface area contributed by atoms with E-state index in [0.717, 1.165) is 6.54 Å². The quantitative estimate of drug-likeness (QED) is 0.890. The molecular weight excluding hydrogens is 256 g/mol. The van der Waals surface area contributed by atoms with Crippen LogP contribution in [-0.4, -0.2) is 6.54 Å². The lowest BCUT2D eigenvalue weighted by atomic mass is 9.84. The Kier molecular flexibility index (Phi) is 4.77. The monoisotopic (exact) mass is 278 g/mol. The summed E-state index contributed by atoms with van der Waals surface area (Å²) in [6, 6.07) is 20.8. The van der Waals surface area contributed by atoms with Gasteiger partial charge < -0.3 is 5.32 Å². The molecule has 0 heterocycles. The smallest absolute Gasteiger partial charge is 0.0991 e. The molecule has 2 aromatic rings. The fourth-order valence-electron chi connectivity index (χ4n) is 2.36. The van der Waals surface area contributed by atoms with Gasteiger partial charge in [-0.05, 0) is 30.2 Å². The van der Waals surface area contributed by atoms with Crippen molar-refractivity contribution in [2.75, 3.05) is 6.54 Å². The van der Waals surface area contributed by atoms with Crippen LogP contribution in [0.3, 0.4) is 0 Å². The highest BCUT2D eigenvalue weighted by molar-refractivity contribution is 5.32. The van der Waals surface area contributed by atoms with E-state index in [4.69, 9.17) is 5.26 Å². The number of benzene rings is 2. The molecule has 0 aliphatic heterocycles. The van der Waals surface area contributed by atoms with Gasteiger partial charge in [0.2, 0.25) is 0 Å². The Bertz CT molecular complexity index is 606. The van der Waals surface area contributed by atoms with E-state index in [1.807, 2.05) is 30.3 Å². The van der Waals surface area contributed by atoms with Crippen LogP contribution in [0, 0.1) is 11.3 Å². The average molecular weight is 278 g/mol. The SMILES string of the molecule is CC(NCC(C)(C)c1ccccc1)c1ccc(C#N)cc1. The summed E-state index contributed by atoms with van der Waals surface area (Å²) >= 11 is 0. The Morgan fingerprint density at radius 2 is 1.67 bits per heavy atom. The van der Waals surface area contributed by atoms with Crippen LogP contribution in [-0.2, 0) is 5.41 Å². The van der Waals surface area contributed by atoms with Crippen molar-refractivity contribution in [2.24, 2.45) is 0 Å². The highest BCUT2D eigenvalue weighted by Gasteiger charge is 2.21. The normalized spacial score (nSPS) is 12.7. The van der Waals surface area contributed by atoms with Gasteiger partial charge in [-0.3, -0.25) is 0 Å². The summed E-state index contributed by atoms with van der Waals surface area (Å²) in [6.45, 7) is 7.56. The lowest BCUT2D eigenvalue weighted by Gasteiger charge is -2.28. The second-order valence-corrected chi connectivity index (χ2v) is 6.09. The van der Waals surface area contributed by atoms with E-state index in [1.54, 1.807) is 0 Å². The summed E-state index contributed by atoms with van der Waals surface area (Å²) in [5.74, 6) is 0. The lowest BCUT2D eigenvalue weighted by molar-refractivity contribution is 0.435. The molecule has 108 valence electrons. The highest BCUT2D eigenvalue weighted by atomic mass is 14.9. The van der Waals surface area contributed by atoms with Crippen LogP contribution in [0.5, 0.6) is 0 Å². The van der Waals surface area contributed by atoms with E-state index in [2.05, 4.69) is 56.4 Å². The van der Waals surface area contributed by atoms with Gasteiger partial charge in [0.05, 0.1) is 11.6 Å². The molecular formula is C19H22N2. The zero-order chi connectivity index (χ0) is 15.3. The molecule has 21 heavy (non-hydrogen) atoms. The predicted molar refractivity (Wildman–Crippen MR) is 87.0 cm³/mol. The Morgan fingerprint density at radius 3 is 2.24 bits per heavy atom. The molecule has 0 fully saturated rings. The van der Waals surface area contributed by atoms with E-state index >= 15 is 0 Å². The van der Waals surface area contributed by atoms with Crippen LogP contribution < -0.4 is 5.32 Å². The summed E-state index contributed by atoms with van der Waals surface area (Å²) in [7, 11) is 0. The molecule has 0 bridgehead atoms. The molecule has 2 heteroatoms. The zero-order valence-electron chi connectivity index (χ0n) is 12.9. The second kappa shape index (κ2) is 6.56. The van der Waals surface area contributed by atoms with Gasteiger partial charge in [-0.2, -0.15) is 5.26 Å². The number of hydrogen-bond donors (Lipinski definition) is 1. The first-order valence-corrected chi connectivity index (χ1v) is 7.32. The molecule has 1 atom stereocenters. The van der Waals surface area contributed by atoms with Gasteiger partial charge in [0.25, 0.3) is 0 Å². The molecule has 2 nitrogen and oxygen atoms in total. The second-order valence-electron chi connectivity index (χ2n) is 6.09. The van der Waals surface area contributed by atoms with Gasteiger partial charge in [0.1, 0.15) is 0 Å². The fraction of sp³-hybridized carbons (Fsp3) is 0.316. The minimum atomic E-state index is 0.0854. The van der Waals surface area contributed by atoms with Gasteiger partial charge in [-0.15, -0.1) is 0 Å². The average Bonchev–Trinajstić information content (AvgIpc) is 2.53. The molecule has 2 aromatic carbocycles. The maximum atomic E-state index is 8.84. The molecule has 0 radical (unpaired) electrons. The van der Waals surface area contributed by atoms with E-state index < -0.39 is 0 Å². The lowest BCUT2D eigenvalue weighted by Crippen LogP contribution is -2.34. The maximum absolute atomic E-state index is 8.84. The Labute approximate surface area is 127 Å². The molecule has 0 aliphatic rings. The number of nitrogens with one attached hydrogen (secondary N) is 1. The first kappa shape index (κ1) is 15.3. The first-order chi connectivity index (χ1) is 10.0. The molecule has 0 spiro atoms. The van der Waals surface area contributed by atoms with Crippen molar-refractivity contribution in [3.05, 3.63) is 71.3 Å². The van der Waals surface area contributed by atoms with Gasteiger partial charge in [0.15, 0.2) is 0 Å². The van der Waals surface area contributed by atoms with Crippen molar-refractivity contribution in [1.29, 1.82) is 5.26 Å². The molecule has 0 saturated heterocycles. The van der Waals surface area contributed by atoms with Crippen LogP contribution >= 0.6 is 0 Å². The Morgan fingerprint density at radius 1 is 1.05 bits per heavy atom. The van der Waals surface area contributed by atoms with Crippen LogP contribution in [0.15, 0.2) is 54.6 Å². The predicted octanol–water partition coefficient (Wildman–Crippen LogP) is 4.19. The zero-order valence-corrected chi connectivity index (χ0v) is 12.9. The molecule has 0 saturated carbocycles. The van der Waals surface area contributed by atoms with Crippen LogP contribution in [0.2, 0.25) is 0 Å². The number of nitrogens with zero attached hydrogens (tertiary/aromatic N) is 1. The Hall–Kier alpha value is -2.11. The summed E-state index contributed by atoms with van der Waals surface area (Å²) in [5.41, 5.74) is 3.33. The largest absolute Gasteiger partial charge is 0.309 e. The van der Waals surface area contributed by atoms with Gasteiger partial charge in [0, 0.05) is 18.0 Å². The first-order valence-electron chi connectivity index (χ1n) is 7.32. The van der Waals surface area contributed by atoms with Gasteiger partial charge in [-0.1, -0.05) is 56.3 Å². The number of hydrogen-bond acceptors (Lipinski definition) is 2. The summed E-state index contributed by atoms with van der Waals surface area (Å²) in [5, 5.41) is 12.4. The summed E-state index contributed by atoms with van der Waals surface area (Å²) < 4.78 is 0. The number of rotatable bonds is 5. The molecule has 2 rings (SSSR count). The van der Waals surface area contributed by atoms with Crippen molar-refractivity contribution in [2.45, 2.75) is 32.2 Å². The van der Waals surface area contributed by atoms with E-state index in [9.17, 15) is 0 Å². The van der Waals surface area contributed by atoms with Crippen LogP contribution in [0.25, 0.3) is 0 Å². The third-order valence-corrected chi connectivity index (χ3v) is 3.95. The molecule has 0 aliphatic carbocycles. The van der Waals surface area contributed by atoms with Gasteiger partial charge >= 0.3 is 0 Å². The fourth-order valence-corrected chi connectivity index (χ4v) is 2.36. The van der Waals surface area contributed by atoms with E-state index in [1.165, 1.54) is 11.1 Å². The summed E-state index contributed by atoms with van der Waals surface area (Å²) in [6.07, 6.45) is 0. The van der Waals surface area contributed by atoms with Crippen molar-refractivity contribution < 1.29 is 0 Å². The van der Waals surface area contributed by atoms with E-state index in [-0.39, 0.29) is 11.5 Å². The maximum Gasteiger partial charge on any atom is 0.0991 e. The third kappa shape index (κ3) is 3.93. The Balaban J connectivity index is 2.00. The van der Waals surface area contributed by atoms with Gasteiger partial charge in [-0.25, -0.2) is 0 Å². The van der Waals surface area contributed by atoms with Crippen molar-refractivity contribution in [3.8, 4) is 6.07 Å². The standard InChI is InChI=1S/C19H22N2/c1-15(17-11-9-16(13-20)10-12-17)21-14-19(2,3)18-7-5-4-6-8-18/h4-12,15,21H,14H2,1-3H3. The molecule has 1 N–H and O–H groups in total. The molecule has 1 unspecified atom stereocenters. The molecule has 0 aromatic heterocycles. The number of nitriles is 1. The highest BCUT2D eigenvalue weighted by Crippen LogP contribution is 2.23. The minimum Gasteiger partial charge on any atom is -0.309 e. The summed E-state index contributed by atoms with van der Waals surface area (Å²) in [4.78, 5) is 0. The molecule has 0 amide bonds.